The van der Waals surface area contributed by atoms with Gasteiger partial charge in [0.25, 0.3) is 0 Å². The quantitative estimate of drug-likeness (QED) is 0.614. The summed E-state index contributed by atoms with van der Waals surface area (Å²) in [7, 11) is 2.01. The summed E-state index contributed by atoms with van der Waals surface area (Å²) in [5.74, 6) is 0.186. The number of aliphatic hydroxyl groups excluding tert-OH is 1. The Kier molecular flexibility index (Phi) is 1.70. The van der Waals surface area contributed by atoms with E-state index in [2.05, 4.69) is 16.7 Å². The van der Waals surface area contributed by atoms with E-state index in [4.69, 9.17) is 5.11 Å². The first-order valence-corrected chi connectivity index (χ1v) is 4.10. The fraction of sp³-hybridized carbons (Fsp3) is 0.300. The first-order chi connectivity index (χ1) is 5.83. The highest BCUT2D eigenvalue weighted by Gasteiger charge is 2.26. The lowest BCUT2D eigenvalue weighted by Gasteiger charge is -1.98. The first kappa shape index (κ1) is 7.50. The van der Waals surface area contributed by atoms with Gasteiger partial charge in [-0.1, -0.05) is 18.2 Å². The molecule has 0 fully saturated rings. The van der Waals surface area contributed by atoms with Gasteiger partial charge in [0.15, 0.2) is 6.21 Å². The minimum absolute atomic E-state index is 0.186. The van der Waals surface area contributed by atoms with Gasteiger partial charge in [-0.3, -0.25) is 0 Å². The lowest BCUT2D eigenvalue weighted by atomic mass is 10.0. The van der Waals surface area contributed by atoms with Gasteiger partial charge in [-0.25, -0.2) is 4.58 Å². The number of hydrogen-bond donors (Lipinski definition) is 1. The molecule has 1 atom stereocenters. The Labute approximate surface area is 71.8 Å². The van der Waals surface area contributed by atoms with Crippen LogP contribution in [-0.4, -0.2) is 29.6 Å². The van der Waals surface area contributed by atoms with Crippen LogP contribution in [-0.2, 0) is 0 Å². The topological polar surface area (TPSA) is 23.2 Å². The molecule has 1 N–H and O–H groups in total. The van der Waals surface area contributed by atoms with Crippen LogP contribution in [0.15, 0.2) is 24.3 Å². The molecule has 12 heavy (non-hydrogen) atoms. The molecule has 0 saturated carbocycles. The van der Waals surface area contributed by atoms with E-state index >= 15 is 0 Å². The predicted octanol–water partition coefficient (Wildman–Crippen LogP) is 1.12. The highest BCUT2D eigenvalue weighted by atomic mass is 16.3. The lowest BCUT2D eigenvalue weighted by molar-refractivity contribution is -0.396. The van der Waals surface area contributed by atoms with Crippen LogP contribution in [0.3, 0.4) is 0 Å². The van der Waals surface area contributed by atoms with Gasteiger partial charge in [0.1, 0.15) is 7.05 Å². The Morgan fingerprint density at radius 1 is 1.42 bits per heavy atom. The fourth-order valence-electron chi connectivity index (χ4n) is 1.70. The van der Waals surface area contributed by atoms with Crippen LogP contribution in [0.4, 0.5) is 5.69 Å². The van der Waals surface area contributed by atoms with E-state index in [1.165, 1.54) is 11.3 Å². The highest BCUT2D eigenvalue weighted by molar-refractivity contribution is 5.72. The van der Waals surface area contributed by atoms with Crippen LogP contribution >= 0.6 is 0 Å². The summed E-state index contributed by atoms with van der Waals surface area (Å²) >= 11 is 0. The molecule has 0 radical (unpaired) electrons. The summed E-state index contributed by atoms with van der Waals surface area (Å²) in [6.45, 7) is 0.196. The SMILES string of the molecule is C[N+]1=CC(CO)c2ccccc21. The summed E-state index contributed by atoms with van der Waals surface area (Å²) in [4.78, 5) is 0. The summed E-state index contributed by atoms with van der Waals surface area (Å²) in [5, 5.41) is 9.07. The van der Waals surface area contributed by atoms with Gasteiger partial charge >= 0.3 is 0 Å². The molecule has 0 amide bonds. The fourth-order valence-corrected chi connectivity index (χ4v) is 1.70. The standard InChI is InChI=1S/C10H12NO/c1-11-6-8(7-12)9-4-2-3-5-10(9)11/h2-6,8,12H,7H2,1H3/q+1. The van der Waals surface area contributed by atoms with Crippen molar-refractivity contribution in [3.63, 3.8) is 0 Å². The van der Waals surface area contributed by atoms with Crippen LogP contribution in [0, 0.1) is 0 Å². The molecule has 1 unspecified atom stereocenters. The van der Waals surface area contributed by atoms with E-state index in [0.29, 0.717) is 0 Å². The van der Waals surface area contributed by atoms with Gasteiger partial charge in [0, 0.05) is 11.6 Å². The average Bonchev–Trinajstić information content (AvgIpc) is 2.44. The van der Waals surface area contributed by atoms with Gasteiger partial charge in [-0.2, -0.15) is 0 Å². The van der Waals surface area contributed by atoms with Crippen molar-refractivity contribution in [3.8, 4) is 0 Å². The molecule has 0 aromatic heterocycles. The summed E-state index contributed by atoms with van der Waals surface area (Å²) < 4.78 is 2.07. The molecule has 0 aliphatic carbocycles. The van der Waals surface area contributed by atoms with Crippen LogP contribution < -0.4 is 0 Å². The van der Waals surface area contributed by atoms with Crippen molar-refractivity contribution < 1.29 is 9.68 Å². The van der Waals surface area contributed by atoms with E-state index in [0.717, 1.165) is 0 Å². The molecule has 1 heterocycles. The van der Waals surface area contributed by atoms with E-state index < -0.39 is 0 Å². The molecule has 0 saturated heterocycles. The van der Waals surface area contributed by atoms with E-state index in [1.807, 2.05) is 25.4 Å². The molecule has 1 aromatic carbocycles. The van der Waals surface area contributed by atoms with Crippen molar-refractivity contribution in [2.75, 3.05) is 13.7 Å². The maximum atomic E-state index is 9.07. The highest BCUT2D eigenvalue weighted by Crippen LogP contribution is 2.29. The van der Waals surface area contributed by atoms with Crippen molar-refractivity contribution in [2.45, 2.75) is 5.92 Å². The Hall–Kier alpha value is -1.15. The summed E-state index contributed by atoms with van der Waals surface area (Å²) in [6, 6.07) is 8.16. The molecule has 62 valence electrons. The number of benzene rings is 1. The van der Waals surface area contributed by atoms with Crippen LogP contribution in [0.2, 0.25) is 0 Å². The van der Waals surface area contributed by atoms with Gasteiger partial charge in [0.2, 0.25) is 5.69 Å². The number of nitrogens with zero attached hydrogens (tertiary/aromatic N) is 1. The molecule has 1 aromatic rings. The molecule has 1 aliphatic heterocycles. The van der Waals surface area contributed by atoms with Crippen molar-refractivity contribution >= 4 is 11.9 Å². The molecule has 0 bridgehead atoms. The maximum absolute atomic E-state index is 9.07. The number of fused-ring (bicyclic) bond motifs is 1. The zero-order valence-electron chi connectivity index (χ0n) is 7.07. The maximum Gasteiger partial charge on any atom is 0.208 e. The van der Waals surface area contributed by atoms with Crippen molar-refractivity contribution in [1.29, 1.82) is 0 Å². The zero-order valence-corrected chi connectivity index (χ0v) is 7.07. The van der Waals surface area contributed by atoms with Gasteiger partial charge in [0.05, 0.1) is 12.5 Å². The third-order valence-corrected chi connectivity index (χ3v) is 2.32. The van der Waals surface area contributed by atoms with Gasteiger partial charge < -0.3 is 5.11 Å². The van der Waals surface area contributed by atoms with Gasteiger partial charge in [-0.15, -0.1) is 0 Å². The molecule has 1 aliphatic rings. The Balaban J connectivity index is 2.52. The van der Waals surface area contributed by atoms with E-state index in [9.17, 15) is 0 Å². The Morgan fingerprint density at radius 2 is 2.17 bits per heavy atom. The minimum atomic E-state index is 0.186. The largest absolute Gasteiger partial charge is 0.395 e. The molecule has 2 nitrogen and oxygen atoms in total. The van der Waals surface area contributed by atoms with Crippen LogP contribution in [0.5, 0.6) is 0 Å². The van der Waals surface area contributed by atoms with Crippen LogP contribution in [0.1, 0.15) is 11.5 Å². The molecular weight excluding hydrogens is 150 g/mol. The number of rotatable bonds is 1. The number of aliphatic hydroxyl groups is 1. The van der Waals surface area contributed by atoms with Gasteiger partial charge in [-0.05, 0) is 0 Å². The molecule has 2 rings (SSSR count). The Morgan fingerprint density at radius 3 is 2.92 bits per heavy atom. The average molecular weight is 162 g/mol. The number of para-hydroxylation sites is 1. The zero-order chi connectivity index (χ0) is 8.55. The summed E-state index contributed by atoms with van der Waals surface area (Å²) in [6.07, 6.45) is 2.05. The van der Waals surface area contributed by atoms with Crippen LogP contribution in [0.25, 0.3) is 0 Å². The van der Waals surface area contributed by atoms with Crippen molar-refractivity contribution in [1.82, 2.24) is 0 Å². The smallest absolute Gasteiger partial charge is 0.208 e. The van der Waals surface area contributed by atoms with Crippen molar-refractivity contribution in [2.24, 2.45) is 0 Å². The molecule has 2 heteroatoms. The lowest BCUT2D eigenvalue weighted by Crippen LogP contribution is -2.02. The molecule has 0 spiro atoms. The normalized spacial score (nSPS) is 20.5. The van der Waals surface area contributed by atoms with E-state index in [1.54, 1.807) is 0 Å². The van der Waals surface area contributed by atoms with E-state index in [-0.39, 0.29) is 12.5 Å². The second kappa shape index (κ2) is 2.72. The predicted molar refractivity (Wildman–Crippen MR) is 48.2 cm³/mol. The third-order valence-electron chi connectivity index (χ3n) is 2.32. The second-order valence-electron chi connectivity index (χ2n) is 3.11. The monoisotopic (exact) mass is 162 g/mol. The minimum Gasteiger partial charge on any atom is -0.395 e. The second-order valence-corrected chi connectivity index (χ2v) is 3.11. The third kappa shape index (κ3) is 0.959. The first-order valence-electron chi connectivity index (χ1n) is 4.10. The Bertz CT molecular complexity index is 330. The summed E-state index contributed by atoms with van der Waals surface area (Å²) in [5.41, 5.74) is 2.43. The van der Waals surface area contributed by atoms with Crippen molar-refractivity contribution in [3.05, 3.63) is 29.8 Å². The molecular formula is C10H12NO+. The number of hydrogen-bond acceptors (Lipinski definition) is 1.